The third-order valence-corrected chi connectivity index (χ3v) is 2.01. The van der Waals surface area contributed by atoms with Crippen molar-refractivity contribution in [2.75, 3.05) is 0 Å². The number of hydrogen-bond acceptors (Lipinski definition) is 6. The van der Waals surface area contributed by atoms with Crippen LogP contribution in [-0.4, -0.2) is 63.2 Å². The first-order chi connectivity index (χ1) is 7.31. The Bertz CT molecular complexity index is 240. The van der Waals surface area contributed by atoms with E-state index in [9.17, 15) is 19.8 Å². The Morgan fingerprint density at radius 1 is 1.25 bits per heavy atom. The molecule has 0 aliphatic carbocycles. The molecule has 7 nitrogen and oxygen atoms in total. The van der Waals surface area contributed by atoms with Gasteiger partial charge in [0.2, 0.25) is 0 Å². The van der Waals surface area contributed by atoms with Gasteiger partial charge in [-0.15, -0.1) is 0 Å². The molecule has 7 heteroatoms. The van der Waals surface area contributed by atoms with Gasteiger partial charge in [-0.1, -0.05) is 0 Å². The number of ether oxygens (including phenoxy) is 1. The smallest absolute Gasteiger partial charge is 0.332 e. The summed E-state index contributed by atoms with van der Waals surface area (Å²) in [6.07, 6.45) is -7.19. The summed E-state index contributed by atoms with van der Waals surface area (Å²) in [6.45, 7) is 2.46. The molecule has 16 heavy (non-hydrogen) atoms. The Morgan fingerprint density at radius 2 is 1.75 bits per heavy atom. The summed E-state index contributed by atoms with van der Waals surface area (Å²) in [5, 5.41) is 36.3. The van der Waals surface area contributed by atoms with Crippen molar-refractivity contribution in [3.63, 3.8) is 0 Å². The Kier molecular flexibility index (Phi) is 6.12. The summed E-state index contributed by atoms with van der Waals surface area (Å²) in [5.74, 6) is -1.28. The number of aliphatic hydroxyl groups excluding tert-OH is 3. The van der Waals surface area contributed by atoms with Gasteiger partial charge in [0, 0.05) is 0 Å². The number of carbonyl (C=O) groups is 2. The van der Waals surface area contributed by atoms with Crippen molar-refractivity contribution >= 4 is 12.3 Å². The molecular weight excluding hydrogens is 220 g/mol. The van der Waals surface area contributed by atoms with Crippen LogP contribution in [-0.2, 0) is 14.3 Å². The number of aliphatic carboxylic acids is 1. The highest BCUT2D eigenvalue weighted by Gasteiger charge is 2.33. The predicted octanol–water partition coefficient (Wildman–Crippen LogP) is -1.85. The Balaban J connectivity index is 4.61. The summed E-state index contributed by atoms with van der Waals surface area (Å²) in [7, 11) is 0. The average molecular weight is 236 g/mol. The van der Waals surface area contributed by atoms with E-state index in [4.69, 9.17) is 14.9 Å². The summed E-state index contributed by atoms with van der Waals surface area (Å²) >= 11 is 0. The van der Waals surface area contributed by atoms with Crippen LogP contribution in [0.1, 0.15) is 13.8 Å². The number of hydrogen-bond donors (Lipinski definition) is 4. The van der Waals surface area contributed by atoms with E-state index < -0.39 is 36.5 Å². The second-order valence-corrected chi connectivity index (χ2v) is 3.44. The van der Waals surface area contributed by atoms with E-state index in [-0.39, 0.29) is 6.29 Å². The Hall–Kier alpha value is -1.02. The summed E-state index contributed by atoms with van der Waals surface area (Å²) < 4.78 is 4.84. The molecule has 0 saturated heterocycles. The van der Waals surface area contributed by atoms with Gasteiger partial charge >= 0.3 is 5.97 Å². The van der Waals surface area contributed by atoms with E-state index in [1.807, 2.05) is 0 Å². The van der Waals surface area contributed by atoms with Crippen molar-refractivity contribution < 1.29 is 34.8 Å². The van der Waals surface area contributed by atoms with Crippen molar-refractivity contribution in [3.05, 3.63) is 0 Å². The molecule has 1 unspecified atom stereocenters. The average Bonchev–Trinajstić information content (AvgIpc) is 2.22. The van der Waals surface area contributed by atoms with Gasteiger partial charge in [-0.2, -0.15) is 0 Å². The molecule has 0 radical (unpaired) electrons. The molecular formula is C9H16O7. The lowest BCUT2D eigenvalue weighted by Gasteiger charge is -2.28. The van der Waals surface area contributed by atoms with Crippen LogP contribution in [0.2, 0.25) is 0 Å². The summed E-state index contributed by atoms with van der Waals surface area (Å²) in [6, 6.07) is 0. The first kappa shape index (κ1) is 15.0. The summed E-state index contributed by atoms with van der Waals surface area (Å²) in [5.41, 5.74) is 0. The van der Waals surface area contributed by atoms with E-state index in [0.29, 0.717) is 0 Å². The molecule has 0 aromatic heterocycles. The van der Waals surface area contributed by atoms with E-state index in [2.05, 4.69) is 0 Å². The summed E-state index contributed by atoms with van der Waals surface area (Å²) in [4.78, 5) is 20.7. The van der Waals surface area contributed by atoms with Crippen LogP contribution in [0.5, 0.6) is 0 Å². The third kappa shape index (κ3) is 4.23. The molecule has 94 valence electrons. The molecule has 0 amide bonds. The number of aldehydes is 1. The molecule has 0 fully saturated rings. The number of carbonyl (C=O) groups excluding carboxylic acids is 1. The predicted molar refractivity (Wildman–Crippen MR) is 51.7 cm³/mol. The molecule has 0 aliphatic heterocycles. The zero-order chi connectivity index (χ0) is 12.9. The van der Waals surface area contributed by atoms with Crippen molar-refractivity contribution in [1.29, 1.82) is 0 Å². The largest absolute Gasteiger partial charge is 0.479 e. The first-order valence-corrected chi connectivity index (χ1v) is 4.69. The van der Waals surface area contributed by atoms with E-state index in [1.54, 1.807) is 0 Å². The monoisotopic (exact) mass is 236 g/mol. The van der Waals surface area contributed by atoms with Gasteiger partial charge in [-0.25, -0.2) is 4.79 Å². The minimum Gasteiger partial charge on any atom is -0.479 e. The van der Waals surface area contributed by atoms with Gasteiger partial charge in [0.25, 0.3) is 0 Å². The molecule has 0 aromatic rings. The van der Waals surface area contributed by atoms with Gasteiger partial charge in [0.05, 0.1) is 6.10 Å². The molecule has 4 N–H and O–H groups in total. The zero-order valence-corrected chi connectivity index (χ0v) is 8.98. The van der Waals surface area contributed by atoms with Crippen LogP contribution in [0.4, 0.5) is 0 Å². The highest BCUT2D eigenvalue weighted by atomic mass is 16.5. The molecule has 0 spiro atoms. The van der Waals surface area contributed by atoms with E-state index >= 15 is 0 Å². The lowest BCUT2D eigenvalue weighted by Crippen LogP contribution is -2.48. The van der Waals surface area contributed by atoms with Crippen molar-refractivity contribution in [3.8, 4) is 0 Å². The minimum absolute atomic E-state index is 0.0782. The quantitative estimate of drug-likeness (QED) is 0.382. The van der Waals surface area contributed by atoms with Gasteiger partial charge < -0.3 is 30.0 Å². The van der Waals surface area contributed by atoms with Crippen LogP contribution in [0.25, 0.3) is 0 Å². The van der Waals surface area contributed by atoms with Crippen LogP contribution in [0.3, 0.4) is 0 Å². The molecule has 0 aromatic carbocycles. The Labute approximate surface area is 92.3 Å². The molecule has 5 atom stereocenters. The van der Waals surface area contributed by atoms with Crippen molar-refractivity contribution in [2.45, 2.75) is 44.4 Å². The molecule has 0 rings (SSSR count). The topological polar surface area (TPSA) is 124 Å². The van der Waals surface area contributed by atoms with E-state index in [0.717, 1.165) is 0 Å². The maximum atomic E-state index is 10.5. The first-order valence-electron chi connectivity index (χ1n) is 4.69. The Morgan fingerprint density at radius 3 is 2.06 bits per heavy atom. The van der Waals surface area contributed by atoms with Crippen LogP contribution >= 0.6 is 0 Å². The second-order valence-electron chi connectivity index (χ2n) is 3.44. The van der Waals surface area contributed by atoms with Crippen LogP contribution in [0, 0.1) is 0 Å². The zero-order valence-electron chi connectivity index (χ0n) is 8.98. The highest BCUT2D eigenvalue weighted by molar-refractivity contribution is 5.71. The maximum absolute atomic E-state index is 10.5. The van der Waals surface area contributed by atoms with Crippen molar-refractivity contribution in [1.82, 2.24) is 0 Å². The van der Waals surface area contributed by atoms with Gasteiger partial charge in [-0.3, -0.25) is 0 Å². The highest BCUT2D eigenvalue weighted by Crippen LogP contribution is 2.11. The van der Waals surface area contributed by atoms with E-state index in [1.165, 1.54) is 13.8 Å². The standard InChI is InChI=1S/C9H16O7/c1-4(11)8(7(13)6(12)3-10)16-5(2)9(14)15/h3-8,11-13H,1-2H3,(H,14,15)/t4-,5?,6-,7-,8-/m0/s1. The van der Waals surface area contributed by atoms with Gasteiger partial charge in [0.15, 0.2) is 12.4 Å². The van der Waals surface area contributed by atoms with Crippen LogP contribution in [0.15, 0.2) is 0 Å². The minimum atomic E-state index is -1.74. The molecule has 0 saturated carbocycles. The second kappa shape index (κ2) is 6.54. The fraction of sp³-hybridized carbons (Fsp3) is 0.778. The molecule has 0 heterocycles. The SMILES string of the molecule is CC(O[C@H]([C@@H](O)[C@@H](O)C=O)[C@H](C)O)C(=O)O. The van der Waals surface area contributed by atoms with Crippen LogP contribution < -0.4 is 0 Å². The number of rotatable bonds is 7. The fourth-order valence-electron chi connectivity index (χ4n) is 1.05. The van der Waals surface area contributed by atoms with Gasteiger partial charge in [0.1, 0.15) is 18.3 Å². The lowest BCUT2D eigenvalue weighted by molar-refractivity contribution is -0.174. The maximum Gasteiger partial charge on any atom is 0.332 e. The molecule has 0 bridgehead atoms. The number of carboxylic acid groups (broad SMARTS) is 1. The third-order valence-electron chi connectivity index (χ3n) is 2.01. The molecule has 0 aliphatic rings. The lowest BCUT2D eigenvalue weighted by atomic mass is 10.0. The normalized spacial score (nSPS) is 20.6. The number of aliphatic hydroxyl groups is 3. The fourth-order valence-corrected chi connectivity index (χ4v) is 1.05. The van der Waals surface area contributed by atoms with Crippen molar-refractivity contribution in [2.24, 2.45) is 0 Å². The van der Waals surface area contributed by atoms with Gasteiger partial charge in [-0.05, 0) is 13.8 Å². The number of carboxylic acids is 1.